The van der Waals surface area contributed by atoms with Crippen LogP contribution in [0.2, 0.25) is 0 Å². The molecule has 0 aliphatic rings. The number of carbonyl (C=O) groups is 2. The third-order valence-corrected chi connectivity index (χ3v) is 4.28. The van der Waals surface area contributed by atoms with Gasteiger partial charge in [-0.05, 0) is 30.5 Å². The second kappa shape index (κ2) is 8.34. The molecule has 2 aromatic carbocycles. The molecule has 5 heteroatoms. The molecule has 3 N–H and O–H groups in total. The topological polar surface area (TPSA) is 74.0 Å². The summed E-state index contributed by atoms with van der Waals surface area (Å²) in [6, 6.07) is 16.0. The number of benzene rings is 2. The number of aromatic amines is 1. The van der Waals surface area contributed by atoms with Gasteiger partial charge in [-0.25, -0.2) is 0 Å². The van der Waals surface area contributed by atoms with Crippen LogP contribution in [0.25, 0.3) is 10.9 Å². The van der Waals surface area contributed by atoms with E-state index in [1.165, 1.54) is 0 Å². The third kappa shape index (κ3) is 4.72. The minimum atomic E-state index is -0.267. The highest BCUT2D eigenvalue weighted by Gasteiger charge is 2.09. The molecule has 0 saturated carbocycles. The van der Waals surface area contributed by atoms with Crippen molar-refractivity contribution in [2.45, 2.75) is 26.3 Å². The number of aryl methyl sites for hydroxylation is 1. The number of para-hydroxylation sites is 1. The molecule has 26 heavy (non-hydrogen) atoms. The number of hydrogen-bond donors (Lipinski definition) is 3. The molecule has 0 atom stereocenters. The molecule has 0 unspecified atom stereocenters. The maximum atomic E-state index is 11.9. The quantitative estimate of drug-likeness (QED) is 0.574. The number of H-pyrrole nitrogens is 1. The van der Waals surface area contributed by atoms with Crippen LogP contribution < -0.4 is 10.6 Å². The highest BCUT2D eigenvalue weighted by Crippen LogP contribution is 2.17. The summed E-state index contributed by atoms with van der Waals surface area (Å²) in [5.74, 6) is -0.525. The predicted octanol–water partition coefficient (Wildman–Crippen LogP) is 2.84. The fourth-order valence-corrected chi connectivity index (χ4v) is 2.97. The van der Waals surface area contributed by atoms with Gasteiger partial charge in [0.25, 0.3) is 0 Å². The number of hydrogen-bond acceptors (Lipinski definition) is 2. The molecule has 0 saturated heterocycles. The van der Waals surface area contributed by atoms with E-state index < -0.39 is 0 Å². The Morgan fingerprint density at radius 1 is 1.00 bits per heavy atom. The van der Waals surface area contributed by atoms with Crippen LogP contribution in [0, 0.1) is 6.92 Å². The molecule has 0 bridgehead atoms. The Hall–Kier alpha value is -3.08. The molecule has 1 aromatic heterocycles. The Morgan fingerprint density at radius 3 is 2.65 bits per heavy atom. The second-order valence-corrected chi connectivity index (χ2v) is 6.40. The zero-order valence-corrected chi connectivity index (χ0v) is 14.8. The lowest BCUT2D eigenvalue weighted by atomic mass is 10.1. The first-order valence-electron chi connectivity index (χ1n) is 8.76. The number of aromatic nitrogens is 1. The minimum absolute atomic E-state index is 0.153. The summed E-state index contributed by atoms with van der Waals surface area (Å²) in [5, 5.41) is 6.76. The summed E-state index contributed by atoms with van der Waals surface area (Å²) in [6.07, 6.45) is 2.53. The fraction of sp³-hybridized carbons (Fsp3) is 0.238. The first-order valence-corrected chi connectivity index (χ1v) is 8.76. The fourth-order valence-electron chi connectivity index (χ4n) is 2.97. The monoisotopic (exact) mass is 349 g/mol. The van der Waals surface area contributed by atoms with Crippen molar-refractivity contribution in [1.29, 1.82) is 0 Å². The van der Waals surface area contributed by atoms with Gasteiger partial charge in [0.05, 0.1) is 0 Å². The van der Waals surface area contributed by atoms with Gasteiger partial charge in [0, 0.05) is 30.2 Å². The molecule has 0 fully saturated rings. The predicted molar refractivity (Wildman–Crippen MR) is 103 cm³/mol. The maximum absolute atomic E-state index is 11.9. The SMILES string of the molecule is Cc1cccc(CNC(=O)CC(=O)NCCc2c[nH]c3ccccc23)c1. The van der Waals surface area contributed by atoms with Crippen LogP contribution >= 0.6 is 0 Å². The van der Waals surface area contributed by atoms with Crippen molar-refractivity contribution in [3.63, 3.8) is 0 Å². The van der Waals surface area contributed by atoms with Crippen molar-refractivity contribution in [2.24, 2.45) is 0 Å². The summed E-state index contributed by atoms with van der Waals surface area (Å²) >= 11 is 0. The van der Waals surface area contributed by atoms with Crippen LogP contribution in [-0.2, 0) is 22.6 Å². The number of nitrogens with one attached hydrogen (secondary N) is 3. The van der Waals surface area contributed by atoms with Gasteiger partial charge in [-0.3, -0.25) is 9.59 Å². The lowest BCUT2D eigenvalue weighted by molar-refractivity contribution is -0.129. The molecule has 0 radical (unpaired) electrons. The van der Waals surface area contributed by atoms with Gasteiger partial charge < -0.3 is 15.6 Å². The van der Waals surface area contributed by atoms with Gasteiger partial charge in [0.2, 0.25) is 11.8 Å². The van der Waals surface area contributed by atoms with E-state index in [2.05, 4.69) is 21.7 Å². The average Bonchev–Trinajstić information content (AvgIpc) is 3.03. The Bertz CT molecular complexity index is 914. The molecular formula is C21H23N3O2. The minimum Gasteiger partial charge on any atom is -0.361 e. The van der Waals surface area contributed by atoms with Gasteiger partial charge >= 0.3 is 0 Å². The third-order valence-electron chi connectivity index (χ3n) is 4.28. The molecule has 5 nitrogen and oxygen atoms in total. The number of fused-ring (bicyclic) bond motifs is 1. The van der Waals surface area contributed by atoms with Crippen LogP contribution in [0.3, 0.4) is 0 Å². The van der Waals surface area contributed by atoms with Gasteiger partial charge in [-0.2, -0.15) is 0 Å². The molecule has 0 aliphatic heterocycles. The first kappa shape index (κ1) is 17.7. The van der Waals surface area contributed by atoms with E-state index in [-0.39, 0.29) is 18.2 Å². The van der Waals surface area contributed by atoms with E-state index in [0.29, 0.717) is 13.1 Å². The van der Waals surface area contributed by atoms with Crippen molar-refractivity contribution >= 4 is 22.7 Å². The highest BCUT2D eigenvalue weighted by molar-refractivity contribution is 5.96. The lowest BCUT2D eigenvalue weighted by Gasteiger charge is -2.07. The van der Waals surface area contributed by atoms with Gasteiger partial charge in [0.15, 0.2) is 0 Å². The van der Waals surface area contributed by atoms with Crippen molar-refractivity contribution < 1.29 is 9.59 Å². The molecule has 3 aromatic rings. The van der Waals surface area contributed by atoms with Crippen LogP contribution in [0.4, 0.5) is 0 Å². The number of carbonyl (C=O) groups excluding carboxylic acids is 2. The number of amides is 2. The maximum Gasteiger partial charge on any atom is 0.229 e. The molecule has 0 spiro atoms. The summed E-state index contributed by atoms with van der Waals surface area (Å²) < 4.78 is 0. The van der Waals surface area contributed by atoms with Crippen LogP contribution in [-0.4, -0.2) is 23.3 Å². The molecule has 2 amide bonds. The van der Waals surface area contributed by atoms with E-state index >= 15 is 0 Å². The van der Waals surface area contributed by atoms with Crippen molar-refractivity contribution in [3.8, 4) is 0 Å². The second-order valence-electron chi connectivity index (χ2n) is 6.40. The normalized spacial score (nSPS) is 10.7. The van der Waals surface area contributed by atoms with Gasteiger partial charge in [0.1, 0.15) is 6.42 Å². The smallest absolute Gasteiger partial charge is 0.229 e. The van der Waals surface area contributed by atoms with Crippen LogP contribution in [0.5, 0.6) is 0 Å². The Labute approximate surface area is 152 Å². The van der Waals surface area contributed by atoms with E-state index in [1.807, 2.05) is 55.6 Å². The summed E-state index contributed by atoms with van der Waals surface area (Å²) in [7, 11) is 0. The average molecular weight is 349 g/mol. The zero-order valence-electron chi connectivity index (χ0n) is 14.8. The zero-order chi connectivity index (χ0) is 18.4. The van der Waals surface area contributed by atoms with Crippen molar-refractivity contribution in [1.82, 2.24) is 15.6 Å². The molecule has 0 aliphatic carbocycles. The summed E-state index contributed by atoms with van der Waals surface area (Å²) in [5.41, 5.74) is 4.42. The van der Waals surface area contributed by atoms with E-state index in [9.17, 15) is 9.59 Å². The standard InChI is InChI=1S/C21H23N3O2/c1-15-5-4-6-16(11-15)13-24-21(26)12-20(25)22-10-9-17-14-23-19-8-3-2-7-18(17)19/h2-8,11,14,23H,9-10,12-13H2,1H3,(H,22,25)(H,24,26). The van der Waals surface area contributed by atoms with Crippen LogP contribution in [0.15, 0.2) is 54.7 Å². The van der Waals surface area contributed by atoms with Crippen molar-refractivity contribution in [2.75, 3.05) is 6.54 Å². The molecular weight excluding hydrogens is 326 g/mol. The highest BCUT2D eigenvalue weighted by atomic mass is 16.2. The van der Waals surface area contributed by atoms with E-state index in [0.717, 1.165) is 34.0 Å². The summed E-state index contributed by atoms with van der Waals surface area (Å²) in [4.78, 5) is 27.1. The largest absolute Gasteiger partial charge is 0.361 e. The van der Waals surface area contributed by atoms with Gasteiger partial charge in [-0.1, -0.05) is 48.0 Å². The lowest BCUT2D eigenvalue weighted by Crippen LogP contribution is -2.32. The Morgan fingerprint density at radius 2 is 1.81 bits per heavy atom. The molecule has 134 valence electrons. The van der Waals surface area contributed by atoms with Crippen LogP contribution in [0.1, 0.15) is 23.1 Å². The van der Waals surface area contributed by atoms with E-state index in [1.54, 1.807) is 0 Å². The Kier molecular flexibility index (Phi) is 5.69. The van der Waals surface area contributed by atoms with Crippen molar-refractivity contribution in [3.05, 3.63) is 71.4 Å². The Balaban J connectivity index is 1.40. The number of rotatable bonds is 7. The molecule has 1 heterocycles. The summed E-state index contributed by atoms with van der Waals surface area (Å²) in [6.45, 7) is 2.95. The van der Waals surface area contributed by atoms with E-state index in [4.69, 9.17) is 0 Å². The molecule has 3 rings (SSSR count). The first-order chi connectivity index (χ1) is 12.6. The van der Waals surface area contributed by atoms with Gasteiger partial charge in [-0.15, -0.1) is 0 Å².